The molecule has 0 bridgehead atoms. The van der Waals surface area contributed by atoms with Crippen molar-refractivity contribution in [1.82, 2.24) is 9.97 Å². The molecule has 0 N–H and O–H groups in total. The Morgan fingerprint density at radius 2 is 1.95 bits per heavy atom. The van der Waals surface area contributed by atoms with E-state index in [1.807, 2.05) is 12.3 Å². The summed E-state index contributed by atoms with van der Waals surface area (Å²) in [5, 5.41) is 1.13. The van der Waals surface area contributed by atoms with Crippen molar-refractivity contribution in [2.75, 3.05) is 0 Å². The van der Waals surface area contributed by atoms with Gasteiger partial charge in [-0.05, 0) is 30.7 Å². The maximum Gasteiger partial charge on any atom is 0.0979 e. The Labute approximate surface area is 130 Å². The highest BCUT2D eigenvalue weighted by Gasteiger charge is 2.10. The first kappa shape index (κ1) is 13.5. The molecule has 0 aliphatic carbocycles. The third kappa shape index (κ3) is 2.97. The maximum absolute atomic E-state index is 4.78. The first-order valence-electron chi connectivity index (χ1n) is 6.33. The van der Waals surface area contributed by atoms with Gasteiger partial charge in [0.2, 0.25) is 0 Å². The van der Waals surface area contributed by atoms with Crippen LogP contribution in [-0.4, -0.2) is 9.97 Å². The Morgan fingerprint density at radius 3 is 2.65 bits per heavy atom. The lowest BCUT2D eigenvalue weighted by atomic mass is 10.1. The molecule has 0 radical (unpaired) electrons. The molecule has 0 saturated carbocycles. The SMILES string of the molecule is Cc1sc(Cc2cccnc2)nc1-c1ccc(Br)cc1. The van der Waals surface area contributed by atoms with Crippen molar-refractivity contribution in [3.8, 4) is 11.3 Å². The van der Waals surface area contributed by atoms with Gasteiger partial charge in [-0.1, -0.05) is 34.1 Å². The smallest absolute Gasteiger partial charge is 0.0979 e. The van der Waals surface area contributed by atoms with Crippen molar-refractivity contribution in [2.45, 2.75) is 13.3 Å². The second-order valence-electron chi connectivity index (χ2n) is 4.56. The van der Waals surface area contributed by atoms with Crippen LogP contribution < -0.4 is 0 Å². The lowest BCUT2D eigenvalue weighted by Crippen LogP contribution is -1.88. The molecule has 2 heterocycles. The fraction of sp³-hybridized carbons (Fsp3) is 0.125. The van der Waals surface area contributed by atoms with Crippen molar-refractivity contribution in [1.29, 1.82) is 0 Å². The van der Waals surface area contributed by atoms with Crippen molar-refractivity contribution < 1.29 is 0 Å². The number of aryl methyl sites for hydroxylation is 1. The molecule has 0 atom stereocenters. The number of hydrogen-bond acceptors (Lipinski definition) is 3. The van der Waals surface area contributed by atoms with Crippen LogP contribution >= 0.6 is 27.3 Å². The molecular formula is C16H13BrN2S. The summed E-state index contributed by atoms with van der Waals surface area (Å²) in [6.07, 6.45) is 4.54. The molecule has 4 heteroatoms. The molecule has 3 rings (SSSR count). The summed E-state index contributed by atoms with van der Waals surface area (Å²) >= 11 is 5.22. The van der Waals surface area contributed by atoms with E-state index in [0.717, 1.165) is 21.6 Å². The van der Waals surface area contributed by atoms with Gasteiger partial charge in [0.25, 0.3) is 0 Å². The summed E-state index contributed by atoms with van der Waals surface area (Å²) in [5.74, 6) is 0. The van der Waals surface area contributed by atoms with Crippen LogP contribution in [0.2, 0.25) is 0 Å². The van der Waals surface area contributed by atoms with Crippen LogP contribution in [-0.2, 0) is 6.42 Å². The zero-order valence-corrected chi connectivity index (χ0v) is 13.4. The van der Waals surface area contributed by atoms with E-state index in [1.54, 1.807) is 17.5 Å². The lowest BCUT2D eigenvalue weighted by Gasteiger charge is -1.98. The molecule has 1 aromatic carbocycles. The molecule has 0 fully saturated rings. The quantitative estimate of drug-likeness (QED) is 0.677. The lowest BCUT2D eigenvalue weighted by molar-refractivity contribution is 1.11. The Morgan fingerprint density at radius 1 is 1.15 bits per heavy atom. The highest BCUT2D eigenvalue weighted by Crippen LogP contribution is 2.29. The summed E-state index contributed by atoms with van der Waals surface area (Å²) in [6, 6.07) is 12.3. The number of nitrogens with zero attached hydrogens (tertiary/aromatic N) is 2. The summed E-state index contributed by atoms with van der Waals surface area (Å²) in [4.78, 5) is 10.2. The second kappa shape index (κ2) is 5.85. The first-order chi connectivity index (χ1) is 9.72. The summed E-state index contributed by atoms with van der Waals surface area (Å²) in [7, 11) is 0. The van der Waals surface area contributed by atoms with Gasteiger partial charge in [-0.25, -0.2) is 4.98 Å². The summed E-state index contributed by atoms with van der Waals surface area (Å²) in [6.45, 7) is 2.13. The van der Waals surface area contributed by atoms with Gasteiger partial charge in [0.1, 0.15) is 0 Å². The second-order valence-corrected chi connectivity index (χ2v) is 6.76. The Hall–Kier alpha value is -1.52. The highest BCUT2D eigenvalue weighted by molar-refractivity contribution is 9.10. The average Bonchev–Trinajstić information content (AvgIpc) is 2.81. The van der Waals surface area contributed by atoms with Gasteiger partial charge in [-0.15, -0.1) is 11.3 Å². The van der Waals surface area contributed by atoms with Crippen LogP contribution in [0.1, 0.15) is 15.4 Å². The molecular weight excluding hydrogens is 332 g/mol. The molecule has 3 aromatic rings. The number of pyridine rings is 1. The van der Waals surface area contributed by atoms with Crippen LogP contribution in [0.4, 0.5) is 0 Å². The number of halogens is 1. The van der Waals surface area contributed by atoms with Gasteiger partial charge in [0.15, 0.2) is 0 Å². The zero-order chi connectivity index (χ0) is 13.9. The van der Waals surface area contributed by atoms with Crippen molar-refractivity contribution in [3.63, 3.8) is 0 Å². The van der Waals surface area contributed by atoms with Crippen LogP contribution in [0, 0.1) is 6.92 Å². The van der Waals surface area contributed by atoms with Gasteiger partial charge < -0.3 is 0 Å². The van der Waals surface area contributed by atoms with Crippen LogP contribution in [0.25, 0.3) is 11.3 Å². The minimum Gasteiger partial charge on any atom is -0.264 e. The third-order valence-corrected chi connectivity index (χ3v) is 4.54. The minimum absolute atomic E-state index is 0.843. The third-order valence-electron chi connectivity index (χ3n) is 3.04. The average molecular weight is 345 g/mol. The number of aromatic nitrogens is 2. The highest BCUT2D eigenvalue weighted by atomic mass is 79.9. The number of thiazole rings is 1. The molecule has 2 aromatic heterocycles. The number of benzene rings is 1. The van der Waals surface area contributed by atoms with E-state index in [1.165, 1.54) is 16.0 Å². The normalized spacial score (nSPS) is 10.7. The Balaban J connectivity index is 1.89. The Kier molecular flexibility index (Phi) is 3.94. The fourth-order valence-electron chi connectivity index (χ4n) is 2.08. The topological polar surface area (TPSA) is 25.8 Å². The molecule has 0 aliphatic heterocycles. The molecule has 0 unspecified atom stereocenters. The van der Waals surface area contributed by atoms with Gasteiger partial charge in [-0.2, -0.15) is 0 Å². The van der Waals surface area contributed by atoms with Crippen LogP contribution in [0.5, 0.6) is 0 Å². The van der Waals surface area contributed by atoms with E-state index >= 15 is 0 Å². The number of hydrogen-bond donors (Lipinski definition) is 0. The molecule has 0 amide bonds. The van der Waals surface area contributed by atoms with E-state index in [0.29, 0.717) is 0 Å². The van der Waals surface area contributed by atoms with Gasteiger partial charge in [0.05, 0.1) is 10.7 Å². The summed E-state index contributed by atoms with van der Waals surface area (Å²) in [5.41, 5.74) is 3.45. The van der Waals surface area contributed by atoms with Crippen molar-refractivity contribution in [3.05, 3.63) is 68.7 Å². The van der Waals surface area contributed by atoms with Crippen molar-refractivity contribution >= 4 is 27.3 Å². The standard InChI is InChI=1S/C16H13BrN2S/c1-11-16(13-4-6-14(17)7-5-13)19-15(20-11)9-12-3-2-8-18-10-12/h2-8,10H,9H2,1H3. The molecule has 0 spiro atoms. The molecule has 100 valence electrons. The zero-order valence-electron chi connectivity index (χ0n) is 11.0. The largest absolute Gasteiger partial charge is 0.264 e. The molecule has 0 saturated heterocycles. The van der Waals surface area contributed by atoms with E-state index < -0.39 is 0 Å². The van der Waals surface area contributed by atoms with Gasteiger partial charge >= 0.3 is 0 Å². The fourth-order valence-corrected chi connectivity index (χ4v) is 3.33. The van der Waals surface area contributed by atoms with E-state index in [2.05, 4.69) is 58.2 Å². The van der Waals surface area contributed by atoms with Gasteiger partial charge in [0, 0.05) is 33.7 Å². The molecule has 20 heavy (non-hydrogen) atoms. The predicted molar refractivity (Wildman–Crippen MR) is 87.0 cm³/mol. The van der Waals surface area contributed by atoms with Gasteiger partial charge in [-0.3, -0.25) is 4.98 Å². The van der Waals surface area contributed by atoms with Crippen LogP contribution in [0.15, 0.2) is 53.3 Å². The molecule has 0 aliphatic rings. The molecule has 2 nitrogen and oxygen atoms in total. The maximum atomic E-state index is 4.78. The van der Waals surface area contributed by atoms with E-state index in [9.17, 15) is 0 Å². The van der Waals surface area contributed by atoms with E-state index in [-0.39, 0.29) is 0 Å². The van der Waals surface area contributed by atoms with E-state index in [4.69, 9.17) is 4.98 Å². The minimum atomic E-state index is 0.843. The predicted octanol–water partition coefficient (Wildman–Crippen LogP) is 4.87. The Bertz CT molecular complexity index is 705. The first-order valence-corrected chi connectivity index (χ1v) is 7.94. The number of rotatable bonds is 3. The summed E-state index contributed by atoms with van der Waals surface area (Å²) < 4.78 is 1.09. The van der Waals surface area contributed by atoms with Crippen LogP contribution in [0.3, 0.4) is 0 Å². The van der Waals surface area contributed by atoms with Crippen molar-refractivity contribution in [2.24, 2.45) is 0 Å². The monoisotopic (exact) mass is 344 g/mol.